The third-order valence-corrected chi connectivity index (χ3v) is 7.19. The van der Waals surface area contributed by atoms with Gasteiger partial charge < -0.3 is 5.73 Å². The molecule has 0 saturated carbocycles. The van der Waals surface area contributed by atoms with E-state index in [9.17, 15) is 21.2 Å². The van der Waals surface area contributed by atoms with Crippen LogP contribution < -0.4 is 5.73 Å². The SMILES string of the molecule is Cc1c(F)cc(N)cc1S(=O)(=O)N1CCCS(=O)(=O)CC1. The highest BCUT2D eigenvalue weighted by Gasteiger charge is 2.30. The van der Waals surface area contributed by atoms with E-state index in [4.69, 9.17) is 5.73 Å². The largest absolute Gasteiger partial charge is 0.399 e. The van der Waals surface area contributed by atoms with Gasteiger partial charge in [-0.25, -0.2) is 21.2 Å². The average molecular weight is 336 g/mol. The van der Waals surface area contributed by atoms with Crippen molar-refractivity contribution < 1.29 is 21.2 Å². The lowest BCUT2D eigenvalue weighted by molar-refractivity contribution is 0.433. The highest BCUT2D eigenvalue weighted by Crippen LogP contribution is 2.25. The highest BCUT2D eigenvalue weighted by molar-refractivity contribution is 7.91. The van der Waals surface area contributed by atoms with E-state index in [1.807, 2.05) is 0 Å². The van der Waals surface area contributed by atoms with E-state index in [0.717, 1.165) is 10.4 Å². The third-order valence-electron chi connectivity index (χ3n) is 3.45. The van der Waals surface area contributed by atoms with Crippen LogP contribution in [0.1, 0.15) is 12.0 Å². The molecule has 1 aromatic rings. The summed E-state index contributed by atoms with van der Waals surface area (Å²) >= 11 is 0. The molecular formula is C12H17FN2O4S2. The molecule has 0 radical (unpaired) electrons. The first-order chi connectivity index (χ1) is 9.63. The summed E-state index contributed by atoms with van der Waals surface area (Å²) in [4.78, 5) is -0.209. The summed E-state index contributed by atoms with van der Waals surface area (Å²) in [6.45, 7) is 1.33. The first-order valence-corrected chi connectivity index (χ1v) is 9.66. The first-order valence-electron chi connectivity index (χ1n) is 6.40. The number of rotatable bonds is 2. The van der Waals surface area contributed by atoms with Crippen molar-refractivity contribution >= 4 is 25.5 Å². The second kappa shape index (κ2) is 5.54. The van der Waals surface area contributed by atoms with Crippen molar-refractivity contribution in [3.05, 3.63) is 23.5 Å². The zero-order valence-electron chi connectivity index (χ0n) is 11.5. The van der Waals surface area contributed by atoms with Gasteiger partial charge in [0.2, 0.25) is 10.0 Å². The number of nitrogen functional groups attached to an aromatic ring is 1. The molecule has 1 aromatic carbocycles. The van der Waals surface area contributed by atoms with Gasteiger partial charge in [-0.1, -0.05) is 0 Å². The third kappa shape index (κ3) is 3.35. The van der Waals surface area contributed by atoms with Crippen LogP contribution in [0.25, 0.3) is 0 Å². The molecule has 21 heavy (non-hydrogen) atoms. The van der Waals surface area contributed by atoms with Gasteiger partial charge in [-0.05, 0) is 25.5 Å². The van der Waals surface area contributed by atoms with Gasteiger partial charge in [0.05, 0.1) is 16.4 Å². The summed E-state index contributed by atoms with van der Waals surface area (Å²) in [7, 11) is -7.19. The quantitative estimate of drug-likeness (QED) is 0.794. The second-order valence-corrected chi connectivity index (χ2v) is 9.25. The molecule has 6 nitrogen and oxygen atoms in total. The minimum absolute atomic E-state index is 0.0131. The molecule has 118 valence electrons. The van der Waals surface area contributed by atoms with E-state index in [1.165, 1.54) is 13.0 Å². The summed E-state index contributed by atoms with van der Waals surface area (Å²) in [5.74, 6) is -0.963. The minimum Gasteiger partial charge on any atom is -0.399 e. The van der Waals surface area contributed by atoms with Gasteiger partial charge in [0.15, 0.2) is 9.84 Å². The Bertz CT molecular complexity index is 760. The molecule has 1 aliphatic heterocycles. The van der Waals surface area contributed by atoms with Crippen molar-refractivity contribution in [2.24, 2.45) is 0 Å². The maximum atomic E-state index is 13.7. The van der Waals surface area contributed by atoms with Gasteiger partial charge in [0.25, 0.3) is 0 Å². The molecule has 1 heterocycles. The Morgan fingerprint density at radius 3 is 2.57 bits per heavy atom. The number of hydrogen-bond donors (Lipinski definition) is 1. The van der Waals surface area contributed by atoms with Crippen LogP contribution in [0.2, 0.25) is 0 Å². The van der Waals surface area contributed by atoms with Gasteiger partial charge in [-0.2, -0.15) is 4.31 Å². The van der Waals surface area contributed by atoms with E-state index < -0.39 is 25.7 Å². The van der Waals surface area contributed by atoms with Crippen molar-refractivity contribution in [2.75, 3.05) is 30.3 Å². The summed E-state index contributed by atoms with van der Waals surface area (Å²) in [5, 5.41) is 0. The molecule has 0 spiro atoms. The fraction of sp³-hybridized carbons (Fsp3) is 0.500. The van der Waals surface area contributed by atoms with Crippen LogP contribution in [0, 0.1) is 12.7 Å². The van der Waals surface area contributed by atoms with E-state index >= 15 is 0 Å². The fourth-order valence-electron chi connectivity index (χ4n) is 2.24. The minimum atomic E-state index is -3.96. The van der Waals surface area contributed by atoms with Gasteiger partial charge in [-0.3, -0.25) is 0 Å². The Hall–Kier alpha value is -1.19. The number of sulfone groups is 1. The van der Waals surface area contributed by atoms with Gasteiger partial charge in [0, 0.05) is 24.3 Å². The predicted octanol–water partition coefficient (Wildman–Crippen LogP) is 0.526. The number of anilines is 1. The average Bonchev–Trinajstić information content (AvgIpc) is 2.55. The van der Waals surface area contributed by atoms with Crippen LogP contribution in [0.5, 0.6) is 0 Å². The second-order valence-electron chi connectivity index (χ2n) is 5.04. The molecule has 1 saturated heterocycles. The van der Waals surface area contributed by atoms with Crippen LogP contribution in [0.4, 0.5) is 10.1 Å². The van der Waals surface area contributed by atoms with Crippen LogP contribution in [-0.2, 0) is 19.9 Å². The van der Waals surface area contributed by atoms with Crippen LogP contribution >= 0.6 is 0 Å². The lowest BCUT2D eigenvalue weighted by Gasteiger charge is -2.21. The molecule has 0 aliphatic carbocycles. The number of hydrogen-bond acceptors (Lipinski definition) is 5. The van der Waals surface area contributed by atoms with Crippen LogP contribution in [0.15, 0.2) is 17.0 Å². The Labute approximate surface area is 123 Å². The fourth-order valence-corrected chi connectivity index (χ4v) is 5.37. The molecule has 0 unspecified atom stereocenters. The van der Waals surface area contributed by atoms with E-state index in [-0.39, 0.29) is 47.2 Å². The zero-order valence-corrected chi connectivity index (χ0v) is 13.2. The molecule has 2 rings (SSSR count). The van der Waals surface area contributed by atoms with Gasteiger partial charge >= 0.3 is 0 Å². The number of nitrogens with zero attached hydrogens (tertiary/aromatic N) is 1. The molecule has 0 bridgehead atoms. The van der Waals surface area contributed by atoms with Crippen LogP contribution in [-0.4, -0.2) is 45.7 Å². The predicted molar refractivity (Wildman–Crippen MR) is 77.6 cm³/mol. The lowest BCUT2D eigenvalue weighted by atomic mass is 10.2. The van der Waals surface area contributed by atoms with Crippen molar-refractivity contribution in [1.82, 2.24) is 4.31 Å². The smallest absolute Gasteiger partial charge is 0.243 e. The number of sulfonamides is 1. The summed E-state index contributed by atoms with van der Waals surface area (Å²) < 4.78 is 63.0. The number of nitrogens with two attached hydrogens (primary N) is 1. The Kier molecular flexibility index (Phi) is 4.27. The van der Waals surface area contributed by atoms with E-state index in [2.05, 4.69) is 0 Å². The molecule has 2 N–H and O–H groups in total. The van der Waals surface area contributed by atoms with E-state index in [0.29, 0.717) is 0 Å². The lowest BCUT2D eigenvalue weighted by Crippen LogP contribution is -2.34. The Morgan fingerprint density at radius 2 is 1.90 bits per heavy atom. The number of halogens is 1. The summed E-state index contributed by atoms with van der Waals surface area (Å²) in [6, 6.07) is 2.26. The Balaban J connectivity index is 2.43. The molecule has 9 heteroatoms. The molecule has 1 aliphatic rings. The Morgan fingerprint density at radius 1 is 1.24 bits per heavy atom. The summed E-state index contributed by atoms with van der Waals surface area (Å²) in [5.41, 5.74) is 5.51. The van der Waals surface area contributed by atoms with E-state index in [1.54, 1.807) is 0 Å². The maximum Gasteiger partial charge on any atom is 0.243 e. The standard InChI is InChI=1S/C12H17FN2O4S2/c1-9-11(13)7-10(14)8-12(9)21(18,19)15-3-2-5-20(16,17)6-4-15/h7-8H,2-6,14H2,1H3. The monoisotopic (exact) mass is 336 g/mol. The molecule has 0 amide bonds. The molecular weight excluding hydrogens is 319 g/mol. The molecule has 0 atom stereocenters. The van der Waals surface area contributed by atoms with Crippen molar-refractivity contribution in [1.29, 1.82) is 0 Å². The van der Waals surface area contributed by atoms with Gasteiger partial charge in [0.1, 0.15) is 5.82 Å². The zero-order chi connectivity index (χ0) is 15.8. The van der Waals surface area contributed by atoms with Crippen LogP contribution in [0.3, 0.4) is 0 Å². The topological polar surface area (TPSA) is 97.5 Å². The normalized spacial score (nSPS) is 20.1. The summed E-state index contributed by atoms with van der Waals surface area (Å²) in [6.07, 6.45) is 0.228. The van der Waals surface area contributed by atoms with Gasteiger partial charge in [-0.15, -0.1) is 0 Å². The first kappa shape index (κ1) is 16.2. The molecule has 1 fully saturated rings. The number of benzene rings is 1. The van der Waals surface area contributed by atoms with Crippen molar-refractivity contribution in [3.63, 3.8) is 0 Å². The molecule has 0 aromatic heterocycles. The van der Waals surface area contributed by atoms with Crippen molar-refractivity contribution in [3.8, 4) is 0 Å². The van der Waals surface area contributed by atoms with Crippen molar-refractivity contribution in [2.45, 2.75) is 18.2 Å². The maximum absolute atomic E-state index is 13.7. The highest BCUT2D eigenvalue weighted by atomic mass is 32.2.